The molecule has 18 heavy (non-hydrogen) atoms. The summed E-state index contributed by atoms with van der Waals surface area (Å²) in [5, 5.41) is 11.7. The smallest absolute Gasteiger partial charge is 0.118 e. The predicted molar refractivity (Wildman–Crippen MR) is 73.5 cm³/mol. The zero-order chi connectivity index (χ0) is 13.2. The van der Waals surface area contributed by atoms with Gasteiger partial charge in [0.05, 0.1) is 0 Å². The summed E-state index contributed by atoms with van der Waals surface area (Å²) >= 11 is 5.89. The maximum absolute atomic E-state index is 11.0. The van der Waals surface area contributed by atoms with Crippen LogP contribution in [0.15, 0.2) is 48.8 Å². The monoisotopic (exact) mass is 261 g/mol. The standard InChI is InChI=1S/C15H16ClNO/c1-11(2)15(18,13-4-3-9-17-10-13)12-5-7-14(16)8-6-12/h3-11,18H,1-2H3. The Bertz CT molecular complexity index is 510. The quantitative estimate of drug-likeness (QED) is 0.915. The minimum Gasteiger partial charge on any atom is -0.380 e. The summed E-state index contributed by atoms with van der Waals surface area (Å²) < 4.78 is 0. The lowest BCUT2D eigenvalue weighted by atomic mass is 9.78. The van der Waals surface area contributed by atoms with Crippen molar-refractivity contribution in [2.45, 2.75) is 19.4 Å². The fraction of sp³-hybridized carbons (Fsp3) is 0.267. The Labute approximate surface area is 112 Å². The van der Waals surface area contributed by atoms with Crippen molar-refractivity contribution in [2.75, 3.05) is 0 Å². The van der Waals surface area contributed by atoms with Gasteiger partial charge in [0.2, 0.25) is 0 Å². The van der Waals surface area contributed by atoms with Crippen molar-refractivity contribution in [3.05, 3.63) is 64.9 Å². The van der Waals surface area contributed by atoms with Gasteiger partial charge in [-0.05, 0) is 29.7 Å². The number of halogens is 1. The fourth-order valence-corrected chi connectivity index (χ4v) is 2.25. The summed E-state index contributed by atoms with van der Waals surface area (Å²) in [4.78, 5) is 4.09. The van der Waals surface area contributed by atoms with Crippen molar-refractivity contribution in [1.29, 1.82) is 0 Å². The third-order valence-corrected chi connectivity index (χ3v) is 3.47. The molecule has 1 N–H and O–H groups in total. The van der Waals surface area contributed by atoms with E-state index in [1.165, 1.54) is 0 Å². The number of hydrogen-bond acceptors (Lipinski definition) is 2. The van der Waals surface area contributed by atoms with Crippen LogP contribution in [0.5, 0.6) is 0 Å². The summed E-state index contributed by atoms with van der Waals surface area (Å²) in [5.74, 6) is 0.0304. The van der Waals surface area contributed by atoms with Crippen LogP contribution in [0.3, 0.4) is 0 Å². The maximum atomic E-state index is 11.0. The van der Waals surface area contributed by atoms with E-state index in [4.69, 9.17) is 11.6 Å². The molecule has 1 aromatic carbocycles. The number of nitrogens with zero attached hydrogens (tertiary/aromatic N) is 1. The average Bonchev–Trinajstić information content (AvgIpc) is 2.39. The van der Waals surface area contributed by atoms with Crippen LogP contribution in [0.2, 0.25) is 5.02 Å². The molecule has 3 heteroatoms. The number of rotatable bonds is 3. The fourth-order valence-electron chi connectivity index (χ4n) is 2.13. The van der Waals surface area contributed by atoms with E-state index in [0.717, 1.165) is 11.1 Å². The van der Waals surface area contributed by atoms with Gasteiger partial charge in [0.15, 0.2) is 0 Å². The second kappa shape index (κ2) is 5.09. The van der Waals surface area contributed by atoms with E-state index in [-0.39, 0.29) is 5.92 Å². The molecule has 0 saturated heterocycles. The molecule has 0 fully saturated rings. The van der Waals surface area contributed by atoms with Crippen molar-refractivity contribution in [1.82, 2.24) is 4.98 Å². The van der Waals surface area contributed by atoms with E-state index in [0.29, 0.717) is 5.02 Å². The molecular weight excluding hydrogens is 246 g/mol. The molecule has 0 aliphatic rings. The first-order chi connectivity index (χ1) is 8.55. The van der Waals surface area contributed by atoms with Crippen LogP contribution in [0.25, 0.3) is 0 Å². The lowest BCUT2D eigenvalue weighted by Gasteiger charge is -2.33. The molecule has 1 heterocycles. The van der Waals surface area contributed by atoms with Gasteiger partial charge in [-0.25, -0.2) is 0 Å². The zero-order valence-corrected chi connectivity index (χ0v) is 11.2. The minimum absolute atomic E-state index is 0.0304. The molecule has 1 unspecified atom stereocenters. The van der Waals surface area contributed by atoms with Crippen LogP contribution in [0.1, 0.15) is 25.0 Å². The lowest BCUT2D eigenvalue weighted by molar-refractivity contribution is 0.0314. The van der Waals surface area contributed by atoms with Gasteiger partial charge in [-0.15, -0.1) is 0 Å². The van der Waals surface area contributed by atoms with Gasteiger partial charge in [0.1, 0.15) is 5.60 Å². The van der Waals surface area contributed by atoms with Crippen LogP contribution < -0.4 is 0 Å². The predicted octanol–water partition coefficient (Wildman–Crippen LogP) is 3.63. The number of benzene rings is 1. The van der Waals surface area contributed by atoms with Crippen LogP contribution in [-0.2, 0) is 5.60 Å². The van der Waals surface area contributed by atoms with Gasteiger partial charge in [-0.2, -0.15) is 0 Å². The highest BCUT2D eigenvalue weighted by atomic mass is 35.5. The van der Waals surface area contributed by atoms with Crippen LogP contribution in [0.4, 0.5) is 0 Å². The second-order valence-corrected chi connectivity index (χ2v) is 5.11. The Balaban J connectivity index is 2.54. The molecule has 94 valence electrons. The van der Waals surface area contributed by atoms with Gasteiger partial charge in [-0.1, -0.05) is 43.6 Å². The Morgan fingerprint density at radius 3 is 2.28 bits per heavy atom. The molecule has 2 nitrogen and oxygen atoms in total. The maximum Gasteiger partial charge on any atom is 0.118 e. The SMILES string of the molecule is CC(C)C(O)(c1ccc(Cl)cc1)c1cccnc1. The molecule has 0 radical (unpaired) electrons. The highest BCUT2D eigenvalue weighted by Gasteiger charge is 2.35. The van der Waals surface area contributed by atoms with Crippen LogP contribution in [-0.4, -0.2) is 10.1 Å². The van der Waals surface area contributed by atoms with E-state index in [1.54, 1.807) is 24.5 Å². The molecule has 0 saturated carbocycles. The van der Waals surface area contributed by atoms with Crippen molar-refractivity contribution in [3.8, 4) is 0 Å². The highest BCUT2D eigenvalue weighted by molar-refractivity contribution is 6.30. The Kier molecular flexibility index (Phi) is 3.69. The molecule has 0 aliphatic carbocycles. The first kappa shape index (κ1) is 13.1. The van der Waals surface area contributed by atoms with Gasteiger partial charge in [-0.3, -0.25) is 4.98 Å². The first-order valence-electron chi connectivity index (χ1n) is 5.94. The van der Waals surface area contributed by atoms with E-state index in [1.807, 2.05) is 38.1 Å². The molecule has 0 aliphatic heterocycles. The summed E-state index contributed by atoms with van der Waals surface area (Å²) in [5.41, 5.74) is 0.580. The Morgan fingerprint density at radius 1 is 1.11 bits per heavy atom. The van der Waals surface area contributed by atoms with E-state index in [9.17, 15) is 5.11 Å². The van der Waals surface area contributed by atoms with Crippen molar-refractivity contribution >= 4 is 11.6 Å². The molecule has 2 aromatic rings. The number of hydrogen-bond donors (Lipinski definition) is 1. The van der Waals surface area contributed by atoms with Crippen molar-refractivity contribution in [2.24, 2.45) is 5.92 Å². The second-order valence-electron chi connectivity index (χ2n) is 4.67. The molecule has 1 aromatic heterocycles. The molecule has 1 atom stereocenters. The lowest BCUT2D eigenvalue weighted by Crippen LogP contribution is -2.33. The number of aliphatic hydroxyl groups is 1. The molecule has 0 amide bonds. The highest BCUT2D eigenvalue weighted by Crippen LogP contribution is 2.36. The summed E-state index contributed by atoms with van der Waals surface area (Å²) in [6, 6.07) is 11.0. The molecule has 0 spiro atoms. The third kappa shape index (κ3) is 2.26. The summed E-state index contributed by atoms with van der Waals surface area (Å²) in [6.45, 7) is 3.98. The third-order valence-electron chi connectivity index (χ3n) is 3.22. The van der Waals surface area contributed by atoms with E-state index >= 15 is 0 Å². The summed E-state index contributed by atoms with van der Waals surface area (Å²) in [7, 11) is 0. The van der Waals surface area contributed by atoms with E-state index in [2.05, 4.69) is 4.98 Å². The molecule has 2 rings (SSSR count). The van der Waals surface area contributed by atoms with Crippen LogP contribution in [0, 0.1) is 5.92 Å². The van der Waals surface area contributed by atoms with Gasteiger partial charge in [0.25, 0.3) is 0 Å². The minimum atomic E-state index is -1.04. The van der Waals surface area contributed by atoms with Gasteiger partial charge >= 0.3 is 0 Å². The Morgan fingerprint density at radius 2 is 1.78 bits per heavy atom. The number of pyridine rings is 1. The zero-order valence-electron chi connectivity index (χ0n) is 10.5. The topological polar surface area (TPSA) is 33.1 Å². The van der Waals surface area contributed by atoms with E-state index < -0.39 is 5.60 Å². The van der Waals surface area contributed by atoms with Gasteiger partial charge < -0.3 is 5.11 Å². The first-order valence-corrected chi connectivity index (χ1v) is 6.32. The largest absolute Gasteiger partial charge is 0.380 e. The van der Waals surface area contributed by atoms with Crippen LogP contribution >= 0.6 is 11.6 Å². The normalized spacial score (nSPS) is 14.5. The van der Waals surface area contributed by atoms with Crippen molar-refractivity contribution < 1.29 is 5.11 Å². The van der Waals surface area contributed by atoms with Gasteiger partial charge in [0, 0.05) is 23.0 Å². The molecule has 0 bridgehead atoms. The Hall–Kier alpha value is -1.38. The summed E-state index contributed by atoms with van der Waals surface area (Å²) in [6.07, 6.45) is 3.40. The average molecular weight is 262 g/mol. The van der Waals surface area contributed by atoms with Crippen molar-refractivity contribution in [3.63, 3.8) is 0 Å². The number of aromatic nitrogens is 1. The molecular formula is C15H16ClNO.